The second-order valence-corrected chi connectivity index (χ2v) is 7.47. The van der Waals surface area contributed by atoms with Crippen molar-refractivity contribution >= 4 is 17.7 Å². The molecule has 0 saturated carbocycles. The van der Waals surface area contributed by atoms with Gasteiger partial charge in [0.1, 0.15) is 5.75 Å². The van der Waals surface area contributed by atoms with Crippen molar-refractivity contribution < 1.29 is 23.6 Å². The number of ether oxygens (including phenoxy) is 2. The summed E-state index contributed by atoms with van der Waals surface area (Å²) in [5, 5.41) is 6.87. The van der Waals surface area contributed by atoms with Crippen molar-refractivity contribution in [3.8, 4) is 17.1 Å². The Balaban J connectivity index is 1.30. The molecule has 0 atom stereocenters. The minimum Gasteiger partial charge on any atom is -0.497 e. The van der Waals surface area contributed by atoms with Crippen molar-refractivity contribution in [3.63, 3.8) is 0 Å². The maximum atomic E-state index is 12.7. The highest BCUT2D eigenvalue weighted by Gasteiger charge is 2.24. The number of methoxy groups -OCH3 is 2. The third-order valence-electron chi connectivity index (χ3n) is 5.41. The molecule has 1 aliphatic rings. The maximum Gasteiger partial charge on any atom is 0.339 e. The van der Waals surface area contributed by atoms with Gasteiger partial charge in [0, 0.05) is 31.7 Å². The number of anilines is 1. The molecule has 1 fully saturated rings. The molecule has 2 heterocycles. The molecule has 1 saturated heterocycles. The van der Waals surface area contributed by atoms with Gasteiger partial charge in [-0.2, -0.15) is 4.98 Å². The van der Waals surface area contributed by atoms with Gasteiger partial charge in [0.25, 0.3) is 0 Å². The van der Waals surface area contributed by atoms with E-state index in [4.69, 9.17) is 14.0 Å². The van der Waals surface area contributed by atoms with Gasteiger partial charge in [0.05, 0.1) is 32.0 Å². The fourth-order valence-electron chi connectivity index (χ4n) is 3.55. The lowest BCUT2D eigenvalue weighted by Gasteiger charge is -2.34. The Morgan fingerprint density at radius 3 is 2.45 bits per heavy atom. The lowest BCUT2D eigenvalue weighted by molar-refractivity contribution is 0.0602. The van der Waals surface area contributed by atoms with Crippen molar-refractivity contribution in [2.24, 2.45) is 0 Å². The summed E-state index contributed by atoms with van der Waals surface area (Å²) in [6.45, 7) is 2.89. The van der Waals surface area contributed by atoms with Crippen LogP contribution >= 0.6 is 0 Å². The van der Waals surface area contributed by atoms with E-state index in [9.17, 15) is 9.59 Å². The summed E-state index contributed by atoms with van der Waals surface area (Å²) in [7, 11) is 2.93. The maximum absolute atomic E-state index is 12.7. The SMILES string of the molecule is COC(=O)c1ccccc1NC(=O)N1CCN(Cc2nc(-c3ccc(OC)cc3)no2)CC1. The molecule has 4 rings (SSSR count). The normalized spacial score (nSPS) is 14.1. The lowest BCUT2D eigenvalue weighted by atomic mass is 10.2. The number of rotatable bonds is 6. The topological polar surface area (TPSA) is 110 Å². The number of amides is 2. The number of piperazine rings is 1. The van der Waals surface area contributed by atoms with E-state index in [-0.39, 0.29) is 6.03 Å². The van der Waals surface area contributed by atoms with E-state index < -0.39 is 5.97 Å². The van der Waals surface area contributed by atoms with Crippen LogP contribution in [0.15, 0.2) is 53.1 Å². The van der Waals surface area contributed by atoms with Gasteiger partial charge in [-0.1, -0.05) is 17.3 Å². The number of esters is 1. The number of aromatic nitrogens is 2. The van der Waals surface area contributed by atoms with Crippen molar-refractivity contribution in [3.05, 3.63) is 60.0 Å². The van der Waals surface area contributed by atoms with E-state index in [1.807, 2.05) is 24.3 Å². The third-order valence-corrected chi connectivity index (χ3v) is 5.41. The second kappa shape index (κ2) is 10.1. The first kappa shape index (κ1) is 22.3. The van der Waals surface area contributed by atoms with E-state index in [0.717, 1.165) is 11.3 Å². The van der Waals surface area contributed by atoms with E-state index >= 15 is 0 Å². The van der Waals surface area contributed by atoms with Gasteiger partial charge >= 0.3 is 12.0 Å². The summed E-state index contributed by atoms with van der Waals surface area (Å²) >= 11 is 0. The van der Waals surface area contributed by atoms with Crippen molar-refractivity contribution in [1.29, 1.82) is 0 Å². The highest BCUT2D eigenvalue weighted by atomic mass is 16.5. The molecule has 172 valence electrons. The van der Waals surface area contributed by atoms with Crippen LogP contribution in [0.5, 0.6) is 5.75 Å². The van der Waals surface area contributed by atoms with Crippen molar-refractivity contribution in [2.45, 2.75) is 6.54 Å². The molecule has 2 amide bonds. The zero-order chi connectivity index (χ0) is 23.2. The Bertz CT molecular complexity index is 1110. The summed E-state index contributed by atoms with van der Waals surface area (Å²) in [6.07, 6.45) is 0. The second-order valence-electron chi connectivity index (χ2n) is 7.47. The minimum atomic E-state index is -0.496. The largest absolute Gasteiger partial charge is 0.497 e. The number of nitrogens with one attached hydrogen (secondary N) is 1. The molecule has 0 spiro atoms. The minimum absolute atomic E-state index is 0.259. The fraction of sp³-hybridized carbons (Fsp3) is 0.304. The summed E-state index contributed by atoms with van der Waals surface area (Å²) in [5.41, 5.74) is 1.59. The van der Waals surface area contributed by atoms with Crippen LogP contribution in [0.4, 0.5) is 10.5 Å². The first-order chi connectivity index (χ1) is 16.1. The third kappa shape index (κ3) is 5.29. The Morgan fingerprint density at radius 2 is 1.76 bits per heavy atom. The van der Waals surface area contributed by atoms with Gasteiger partial charge < -0.3 is 24.2 Å². The highest BCUT2D eigenvalue weighted by molar-refractivity contribution is 6.00. The predicted octanol–water partition coefficient (Wildman–Crippen LogP) is 2.88. The number of hydrogen-bond acceptors (Lipinski definition) is 8. The van der Waals surface area contributed by atoms with Crippen molar-refractivity contribution in [1.82, 2.24) is 19.9 Å². The number of carbonyl (C=O) groups is 2. The number of para-hydroxylation sites is 1. The summed E-state index contributed by atoms with van der Waals surface area (Å²) < 4.78 is 15.4. The molecule has 1 aliphatic heterocycles. The number of carbonyl (C=O) groups excluding carboxylic acids is 2. The van der Waals surface area contributed by atoms with Gasteiger partial charge in [-0.25, -0.2) is 9.59 Å². The van der Waals surface area contributed by atoms with Gasteiger partial charge in [0.2, 0.25) is 11.7 Å². The Hall–Kier alpha value is -3.92. The van der Waals surface area contributed by atoms with E-state index in [0.29, 0.717) is 55.7 Å². The van der Waals surface area contributed by atoms with Crippen LogP contribution in [-0.2, 0) is 11.3 Å². The Labute approximate surface area is 191 Å². The van der Waals surface area contributed by atoms with Crippen LogP contribution in [0, 0.1) is 0 Å². The van der Waals surface area contributed by atoms with Gasteiger partial charge in [-0.3, -0.25) is 4.90 Å². The van der Waals surface area contributed by atoms with E-state index in [1.165, 1.54) is 7.11 Å². The average Bonchev–Trinajstić information content (AvgIpc) is 3.32. The first-order valence-electron chi connectivity index (χ1n) is 10.5. The molecule has 33 heavy (non-hydrogen) atoms. The number of benzene rings is 2. The van der Waals surface area contributed by atoms with Gasteiger partial charge in [-0.15, -0.1) is 0 Å². The molecule has 10 heteroatoms. The van der Waals surface area contributed by atoms with E-state index in [2.05, 4.69) is 20.4 Å². The molecule has 0 aliphatic carbocycles. The summed E-state index contributed by atoms with van der Waals surface area (Å²) in [4.78, 5) is 32.9. The molecular formula is C23H25N5O5. The number of urea groups is 1. The predicted molar refractivity (Wildman–Crippen MR) is 120 cm³/mol. The highest BCUT2D eigenvalue weighted by Crippen LogP contribution is 2.21. The number of hydrogen-bond donors (Lipinski definition) is 1. The van der Waals surface area contributed by atoms with E-state index in [1.54, 1.807) is 36.3 Å². The quantitative estimate of drug-likeness (QED) is 0.570. The summed E-state index contributed by atoms with van der Waals surface area (Å²) in [6, 6.07) is 14.0. The average molecular weight is 451 g/mol. The molecule has 1 N–H and O–H groups in total. The molecule has 2 aromatic carbocycles. The lowest BCUT2D eigenvalue weighted by Crippen LogP contribution is -2.49. The van der Waals surface area contributed by atoms with Crippen LogP contribution in [-0.4, -0.2) is 72.3 Å². The number of nitrogens with zero attached hydrogens (tertiary/aromatic N) is 4. The molecule has 0 unspecified atom stereocenters. The van der Waals surface area contributed by atoms with Crippen LogP contribution in [0.3, 0.4) is 0 Å². The summed E-state index contributed by atoms with van der Waals surface area (Å²) in [5.74, 6) is 1.31. The van der Waals surface area contributed by atoms with Crippen LogP contribution in [0.2, 0.25) is 0 Å². The van der Waals surface area contributed by atoms with Gasteiger partial charge in [0.15, 0.2) is 0 Å². The zero-order valence-electron chi connectivity index (χ0n) is 18.5. The zero-order valence-corrected chi connectivity index (χ0v) is 18.5. The monoisotopic (exact) mass is 451 g/mol. The molecule has 3 aromatic rings. The molecule has 0 bridgehead atoms. The molecule has 10 nitrogen and oxygen atoms in total. The molecular weight excluding hydrogens is 426 g/mol. The molecule has 0 radical (unpaired) electrons. The Kier molecular flexibility index (Phi) is 6.84. The standard InChI is InChI=1S/C23H25N5O5/c1-31-17-9-7-16(8-10-17)21-25-20(33-26-21)15-27-11-13-28(14-12-27)23(30)24-19-6-4-3-5-18(19)22(29)32-2/h3-10H,11-15H2,1-2H3,(H,24,30). The van der Waals surface area contributed by atoms with Gasteiger partial charge in [-0.05, 0) is 36.4 Å². The molecule has 1 aromatic heterocycles. The fourth-order valence-corrected chi connectivity index (χ4v) is 3.55. The van der Waals surface area contributed by atoms with Crippen LogP contribution in [0.25, 0.3) is 11.4 Å². The first-order valence-corrected chi connectivity index (χ1v) is 10.5. The Morgan fingerprint density at radius 1 is 1.03 bits per heavy atom. The van der Waals surface area contributed by atoms with Crippen LogP contribution < -0.4 is 10.1 Å². The van der Waals surface area contributed by atoms with Crippen molar-refractivity contribution in [2.75, 3.05) is 45.7 Å². The van der Waals surface area contributed by atoms with Crippen LogP contribution in [0.1, 0.15) is 16.2 Å². The smallest absolute Gasteiger partial charge is 0.339 e.